The van der Waals surface area contributed by atoms with Gasteiger partial charge in [0.25, 0.3) is 0 Å². The van der Waals surface area contributed by atoms with E-state index in [0.29, 0.717) is 6.54 Å². The summed E-state index contributed by atoms with van der Waals surface area (Å²) in [5.74, 6) is 1.98. The lowest BCUT2D eigenvalue weighted by molar-refractivity contribution is 0.0594. The zero-order valence-electron chi connectivity index (χ0n) is 7.78. The normalized spacial score (nSPS) is 8.86. The molecule has 0 spiro atoms. The lowest BCUT2D eigenvalue weighted by Gasteiger charge is -2.02. The summed E-state index contributed by atoms with van der Waals surface area (Å²) in [6, 6.07) is 3.29. The Morgan fingerprint density at radius 3 is 3.00 bits per heavy atom. The smallest absolute Gasteiger partial charge is 0.356 e. The van der Waals surface area contributed by atoms with Gasteiger partial charge in [-0.15, -0.1) is 6.42 Å². The van der Waals surface area contributed by atoms with E-state index in [1.807, 2.05) is 0 Å². The van der Waals surface area contributed by atoms with E-state index < -0.39 is 5.97 Å². The van der Waals surface area contributed by atoms with Crippen LogP contribution >= 0.6 is 0 Å². The van der Waals surface area contributed by atoms with Crippen molar-refractivity contribution >= 4 is 11.7 Å². The summed E-state index contributed by atoms with van der Waals surface area (Å²) in [7, 11) is 1.31. The molecule has 1 rings (SSSR count). The van der Waals surface area contributed by atoms with Gasteiger partial charge in [-0.05, 0) is 12.1 Å². The van der Waals surface area contributed by atoms with E-state index in [-0.39, 0.29) is 5.69 Å². The first-order chi connectivity index (χ1) is 6.77. The highest BCUT2D eigenvalue weighted by Crippen LogP contribution is 2.05. The molecule has 0 saturated heterocycles. The van der Waals surface area contributed by atoms with E-state index in [1.165, 1.54) is 13.3 Å². The Bertz CT molecular complexity index is 351. The van der Waals surface area contributed by atoms with Gasteiger partial charge in [-0.1, -0.05) is 5.92 Å². The molecule has 0 aromatic carbocycles. The first-order valence-corrected chi connectivity index (χ1v) is 3.99. The predicted molar refractivity (Wildman–Crippen MR) is 52.9 cm³/mol. The van der Waals surface area contributed by atoms with Gasteiger partial charge >= 0.3 is 5.97 Å². The molecule has 72 valence electrons. The monoisotopic (exact) mass is 190 g/mol. The number of pyridine rings is 1. The molecule has 0 aliphatic rings. The second kappa shape index (κ2) is 4.87. The number of aromatic nitrogens is 1. The lowest BCUT2D eigenvalue weighted by atomic mass is 10.3. The predicted octanol–water partition coefficient (Wildman–Crippen LogP) is 0.913. The average Bonchev–Trinajstić information content (AvgIpc) is 2.26. The summed E-state index contributed by atoms with van der Waals surface area (Å²) in [5, 5.41) is 2.93. The van der Waals surface area contributed by atoms with Crippen molar-refractivity contribution in [3.8, 4) is 12.3 Å². The van der Waals surface area contributed by atoms with E-state index in [4.69, 9.17) is 6.42 Å². The van der Waals surface area contributed by atoms with Crippen LogP contribution in [0.25, 0.3) is 0 Å². The number of hydrogen-bond acceptors (Lipinski definition) is 4. The topological polar surface area (TPSA) is 51.2 Å². The number of ether oxygens (including phenoxy) is 1. The van der Waals surface area contributed by atoms with E-state index in [2.05, 4.69) is 21.0 Å². The molecule has 0 unspecified atom stereocenters. The van der Waals surface area contributed by atoms with Gasteiger partial charge in [-0.25, -0.2) is 9.78 Å². The summed E-state index contributed by atoms with van der Waals surface area (Å²) in [5.41, 5.74) is 1.05. The molecule has 0 aliphatic heterocycles. The van der Waals surface area contributed by atoms with Gasteiger partial charge in [-0.2, -0.15) is 0 Å². The minimum atomic E-state index is -0.450. The van der Waals surface area contributed by atoms with Crippen LogP contribution in [0.1, 0.15) is 10.5 Å². The molecule has 4 nitrogen and oxygen atoms in total. The van der Waals surface area contributed by atoms with Crippen LogP contribution in [0.3, 0.4) is 0 Å². The molecule has 0 aliphatic carbocycles. The van der Waals surface area contributed by atoms with Crippen molar-refractivity contribution < 1.29 is 9.53 Å². The minimum absolute atomic E-state index is 0.277. The van der Waals surface area contributed by atoms with Crippen LogP contribution in [0.5, 0.6) is 0 Å². The molecule has 1 aromatic heterocycles. The highest BCUT2D eigenvalue weighted by Gasteiger charge is 2.05. The van der Waals surface area contributed by atoms with Gasteiger partial charge in [0.15, 0.2) is 0 Å². The Labute approximate surface area is 82.3 Å². The SMILES string of the molecule is C#CCNc1ccc(C(=O)OC)nc1. The average molecular weight is 190 g/mol. The van der Waals surface area contributed by atoms with Crippen molar-refractivity contribution in [2.24, 2.45) is 0 Å². The quantitative estimate of drug-likeness (QED) is 0.568. The zero-order valence-corrected chi connectivity index (χ0v) is 7.78. The highest BCUT2D eigenvalue weighted by molar-refractivity contribution is 5.87. The molecule has 0 atom stereocenters. The Morgan fingerprint density at radius 1 is 1.71 bits per heavy atom. The molecular formula is C10H10N2O2. The maximum Gasteiger partial charge on any atom is 0.356 e. The third-order valence-electron chi connectivity index (χ3n) is 1.55. The number of carbonyl (C=O) groups excluding carboxylic acids is 1. The molecule has 4 heteroatoms. The van der Waals surface area contributed by atoms with Crippen LogP contribution in [-0.4, -0.2) is 24.6 Å². The molecule has 0 bridgehead atoms. The van der Waals surface area contributed by atoms with E-state index in [9.17, 15) is 4.79 Å². The van der Waals surface area contributed by atoms with Crippen molar-refractivity contribution in [2.75, 3.05) is 19.0 Å². The van der Waals surface area contributed by atoms with E-state index in [0.717, 1.165) is 5.69 Å². The van der Waals surface area contributed by atoms with Crippen molar-refractivity contribution in [3.05, 3.63) is 24.0 Å². The Balaban J connectivity index is 2.69. The summed E-state index contributed by atoms with van der Waals surface area (Å²) in [6.07, 6.45) is 6.60. The Morgan fingerprint density at radius 2 is 2.50 bits per heavy atom. The highest BCUT2D eigenvalue weighted by atomic mass is 16.5. The Hall–Kier alpha value is -2.02. The summed E-state index contributed by atoms with van der Waals surface area (Å²) in [4.78, 5) is 14.9. The van der Waals surface area contributed by atoms with Gasteiger partial charge in [-0.3, -0.25) is 0 Å². The van der Waals surface area contributed by atoms with Crippen molar-refractivity contribution in [3.63, 3.8) is 0 Å². The first kappa shape index (κ1) is 10.1. The molecule has 14 heavy (non-hydrogen) atoms. The maximum absolute atomic E-state index is 11.0. The van der Waals surface area contributed by atoms with Crippen molar-refractivity contribution in [2.45, 2.75) is 0 Å². The number of terminal acetylenes is 1. The fraction of sp³-hybridized carbons (Fsp3) is 0.200. The van der Waals surface area contributed by atoms with Crippen LogP contribution in [0, 0.1) is 12.3 Å². The number of hydrogen-bond donors (Lipinski definition) is 1. The number of nitrogens with one attached hydrogen (secondary N) is 1. The molecular weight excluding hydrogens is 180 g/mol. The summed E-state index contributed by atoms with van der Waals surface area (Å²) in [6.45, 7) is 0.430. The summed E-state index contributed by atoms with van der Waals surface area (Å²) >= 11 is 0. The minimum Gasteiger partial charge on any atom is -0.464 e. The lowest BCUT2D eigenvalue weighted by Crippen LogP contribution is -2.05. The third kappa shape index (κ3) is 2.49. The number of anilines is 1. The molecule has 0 radical (unpaired) electrons. The standard InChI is InChI=1S/C10H10N2O2/c1-3-6-11-8-4-5-9(12-7-8)10(13)14-2/h1,4-5,7,11H,6H2,2H3. The molecule has 0 fully saturated rings. The van der Waals surface area contributed by atoms with Crippen LogP contribution in [-0.2, 0) is 4.74 Å². The third-order valence-corrected chi connectivity index (χ3v) is 1.55. The van der Waals surface area contributed by atoms with Crippen LogP contribution in [0.4, 0.5) is 5.69 Å². The van der Waals surface area contributed by atoms with Crippen LogP contribution in [0.15, 0.2) is 18.3 Å². The second-order valence-electron chi connectivity index (χ2n) is 2.48. The molecule has 1 heterocycles. The van der Waals surface area contributed by atoms with Gasteiger partial charge < -0.3 is 10.1 Å². The molecule has 1 N–H and O–H groups in total. The largest absolute Gasteiger partial charge is 0.464 e. The summed E-state index contributed by atoms with van der Waals surface area (Å²) < 4.78 is 4.50. The Kier molecular flexibility index (Phi) is 3.50. The number of esters is 1. The van der Waals surface area contributed by atoms with Gasteiger partial charge in [0.05, 0.1) is 25.5 Å². The van der Waals surface area contributed by atoms with Gasteiger partial charge in [0.2, 0.25) is 0 Å². The second-order valence-corrected chi connectivity index (χ2v) is 2.48. The molecule has 1 aromatic rings. The number of carbonyl (C=O) groups is 1. The molecule has 0 amide bonds. The maximum atomic E-state index is 11.0. The first-order valence-electron chi connectivity index (χ1n) is 3.99. The van der Waals surface area contributed by atoms with E-state index in [1.54, 1.807) is 12.1 Å². The van der Waals surface area contributed by atoms with Crippen LogP contribution < -0.4 is 5.32 Å². The zero-order chi connectivity index (χ0) is 10.4. The van der Waals surface area contributed by atoms with Crippen molar-refractivity contribution in [1.82, 2.24) is 4.98 Å². The number of methoxy groups -OCH3 is 1. The fourth-order valence-corrected chi connectivity index (χ4v) is 0.877. The van der Waals surface area contributed by atoms with E-state index >= 15 is 0 Å². The van der Waals surface area contributed by atoms with Crippen LogP contribution in [0.2, 0.25) is 0 Å². The van der Waals surface area contributed by atoms with Gasteiger partial charge in [0, 0.05) is 0 Å². The van der Waals surface area contributed by atoms with Gasteiger partial charge in [0.1, 0.15) is 5.69 Å². The fourth-order valence-electron chi connectivity index (χ4n) is 0.877. The molecule has 0 saturated carbocycles. The van der Waals surface area contributed by atoms with Crippen molar-refractivity contribution in [1.29, 1.82) is 0 Å². The number of nitrogens with zero attached hydrogens (tertiary/aromatic N) is 1. The number of rotatable bonds is 3.